The maximum absolute atomic E-state index is 13.0. The highest BCUT2D eigenvalue weighted by Gasteiger charge is 2.34. The number of nitrogens with zero attached hydrogens (tertiary/aromatic N) is 3. The van der Waals surface area contributed by atoms with Crippen LogP contribution in [0.3, 0.4) is 0 Å². The van der Waals surface area contributed by atoms with Crippen molar-refractivity contribution in [1.29, 1.82) is 0 Å². The number of imidazole rings is 2. The molecule has 196 valence electrons. The van der Waals surface area contributed by atoms with Gasteiger partial charge in [-0.25, -0.2) is 9.97 Å². The first-order chi connectivity index (χ1) is 18.4. The number of likely N-dealkylation sites (tertiary alicyclic amines) is 1. The Hall–Kier alpha value is -3.77. The van der Waals surface area contributed by atoms with Crippen molar-refractivity contribution >= 4 is 5.91 Å². The number of benzene rings is 1. The fourth-order valence-corrected chi connectivity index (χ4v) is 5.49. The van der Waals surface area contributed by atoms with E-state index in [-0.39, 0.29) is 17.9 Å². The van der Waals surface area contributed by atoms with Crippen LogP contribution in [0.4, 0.5) is 0 Å². The third-order valence-electron chi connectivity index (χ3n) is 8.17. The average Bonchev–Trinajstić information content (AvgIpc) is 3.72. The van der Waals surface area contributed by atoms with Gasteiger partial charge in [-0.2, -0.15) is 0 Å². The van der Waals surface area contributed by atoms with Gasteiger partial charge in [0.25, 0.3) is 0 Å². The number of H-pyrrole nitrogens is 2. The summed E-state index contributed by atoms with van der Waals surface area (Å²) in [6.45, 7) is 9.10. The highest BCUT2D eigenvalue weighted by atomic mass is 16.2. The fourth-order valence-electron chi connectivity index (χ4n) is 5.49. The van der Waals surface area contributed by atoms with Crippen LogP contribution in [-0.4, -0.2) is 37.3 Å². The molecule has 2 aliphatic rings. The summed E-state index contributed by atoms with van der Waals surface area (Å²) in [5.41, 5.74) is 4.87. The third-order valence-corrected chi connectivity index (χ3v) is 8.17. The van der Waals surface area contributed by atoms with Crippen molar-refractivity contribution in [3.63, 3.8) is 0 Å². The second-order valence-electron chi connectivity index (χ2n) is 11.1. The summed E-state index contributed by atoms with van der Waals surface area (Å²) in [5.74, 6) is 15.3. The molecule has 38 heavy (non-hydrogen) atoms. The van der Waals surface area contributed by atoms with E-state index in [2.05, 4.69) is 76.5 Å². The summed E-state index contributed by atoms with van der Waals surface area (Å²) in [5, 5.41) is 0. The van der Waals surface area contributed by atoms with Gasteiger partial charge in [0, 0.05) is 23.9 Å². The Kier molecular flexibility index (Phi) is 7.70. The topological polar surface area (TPSA) is 77.7 Å². The summed E-state index contributed by atoms with van der Waals surface area (Å²) >= 11 is 0. The van der Waals surface area contributed by atoms with E-state index < -0.39 is 0 Å². The van der Waals surface area contributed by atoms with Crippen LogP contribution in [0, 0.1) is 42.4 Å². The highest BCUT2D eigenvalue weighted by Crippen LogP contribution is 2.34. The first kappa shape index (κ1) is 25.9. The SMILES string of the molecule is Cc1cc(-c2cnc([C@@H]3CCCN3C(=O)[C@@H](C)C(C)C)[nH]2)ccc1C#CC#Cc1cnc(C2CCCC2)[nH]1. The zero-order chi connectivity index (χ0) is 26.6. The maximum atomic E-state index is 13.0. The zero-order valence-corrected chi connectivity index (χ0v) is 22.9. The van der Waals surface area contributed by atoms with Crippen molar-refractivity contribution in [3.8, 4) is 34.9 Å². The lowest BCUT2D eigenvalue weighted by Crippen LogP contribution is -2.36. The third kappa shape index (κ3) is 5.55. The normalized spacial score (nSPS) is 18.2. The number of carbonyl (C=O) groups is 1. The Labute approximate surface area is 226 Å². The number of aromatic nitrogens is 4. The number of hydrogen-bond acceptors (Lipinski definition) is 3. The van der Waals surface area contributed by atoms with Gasteiger partial charge in [0.05, 0.1) is 24.1 Å². The van der Waals surface area contributed by atoms with Crippen LogP contribution in [0.15, 0.2) is 30.6 Å². The number of hydrogen-bond donors (Lipinski definition) is 2. The standard InChI is InChI=1S/C32H37N5O/c1-21(2)23(4)32(38)37-17-9-14-29(37)31-34-20-28(36-31)26-16-15-24(22(3)18-26)10-7-8-13-27-19-33-30(35-27)25-11-5-6-12-25/h15-16,18-21,23,25,29H,5-6,9,11-12,14,17H2,1-4H3,(H,33,35)(H,34,36)/t23-,29-/m0/s1. The molecule has 0 spiro atoms. The molecule has 1 saturated carbocycles. The lowest BCUT2D eigenvalue weighted by Gasteiger charge is -2.27. The predicted molar refractivity (Wildman–Crippen MR) is 150 cm³/mol. The minimum atomic E-state index is 0.0138. The highest BCUT2D eigenvalue weighted by molar-refractivity contribution is 5.79. The molecule has 2 N–H and O–H groups in total. The molecule has 2 atom stereocenters. The molecule has 0 bridgehead atoms. The Bertz CT molecular complexity index is 1420. The van der Waals surface area contributed by atoms with Crippen molar-refractivity contribution in [2.45, 2.75) is 78.2 Å². The first-order valence-electron chi connectivity index (χ1n) is 13.9. The lowest BCUT2D eigenvalue weighted by atomic mass is 9.96. The van der Waals surface area contributed by atoms with Crippen LogP contribution in [0.5, 0.6) is 0 Å². The fraction of sp³-hybridized carbons (Fsp3) is 0.469. The van der Waals surface area contributed by atoms with Crippen LogP contribution < -0.4 is 0 Å². The molecule has 6 nitrogen and oxygen atoms in total. The molecule has 1 aliphatic heterocycles. The number of rotatable bonds is 5. The van der Waals surface area contributed by atoms with Gasteiger partial charge in [0.1, 0.15) is 17.3 Å². The van der Waals surface area contributed by atoms with Gasteiger partial charge in [-0.3, -0.25) is 4.79 Å². The van der Waals surface area contributed by atoms with Crippen molar-refractivity contribution in [2.24, 2.45) is 11.8 Å². The monoisotopic (exact) mass is 507 g/mol. The van der Waals surface area contributed by atoms with Gasteiger partial charge < -0.3 is 14.9 Å². The van der Waals surface area contributed by atoms with E-state index in [1.165, 1.54) is 25.7 Å². The molecule has 6 heteroatoms. The summed E-state index contributed by atoms with van der Waals surface area (Å²) in [4.78, 5) is 31.1. The number of carbonyl (C=O) groups excluding carboxylic acids is 1. The van der Waals surface area contributed by atoms with Gasteiger partial charge in [0.2, 0.25) is 5.91 Å². The van der Waals surface area contributed by atoms with Gasteiger partial charge in [-0.1, -0.05) is 45.6 Å². The second kappa shape index (κ2) is 11.3. The van der Waals surface area contributed by atoms with E-state index in [0.29, 0.717) is 11.8 Å². The Morgan fingerprint density at radius 2 is 1.74 bits per heavy atom. The summed E-state index contributed by atoms with van der Waals surface area (Å²) in [6, 6.07) is 6.23. The molecule has 3 heterocycles. The van der Waals surface area contributed by atoms with E-state index >= 15 is 0 Å². The van der Waals surface area contributed by atoms with Gasteiger partial charge in [-0.05, 0) is 79.5 Å². The van der Waals surface area contributed by atoms with Gasteiger partial charge in [0.15, 0.2) is 0 Å². The number of aryl methyl sites for hydroxylation is 1. The molecule has 1 aromatic carbocycles. The lowest BCUT2D eigenvalue weighted by molar-refractivity contribution is -0.137. The summed E-state index contributed by atoms with van der Waals surface area (Å²) < 4.78 is 0. The number of nitrogens with one attached hydrogen (secondary N) is 2. The number of amides is 1. The Morgan fingerprint density at radius 3 is 2.50 bits per heavy atom. The summed E-state index contributed by atoms with van der Waals surface area (Å²) in [7, 11) is 0. The average molecular weight is 508 g/mol. The Morgan fingerprint density at radius 1 is 0.974 bits per heavy atom. The van der Waals surface area contributed by atoms with Crippen LogP contribution in [0.1, 0.15) is 99.7 Å². The van der Waals surface area contributed by atoms with Gasteiger partial charge >= 0.3 is 0 Å². The first-order valence-corrected chi connectivity index (χ1v) is 13.9. The molecule has 1 amide bonds. The van der Waals surface area contributed by atoms with Crippen molar-refractivity contribution in [1.82, 2.24) is 24.8 Å². The van der Waals surface area contributed by atoms with Crippen LogP contribution in [0.25, 0.3) is 11.3 Å². The smallest absolute Gasteiger partial charge is 0.226 e. The van der Waals surface area contributed by atoms with Crippen molar-refractivity contribution in [2.75, 3.05) is 6.54 Å². The molecule has 1 saturated heterocycles. The Balaban J connectivity index is 1.26. The molecule has 3 aromatic rings. The minimum Gasteiger partial charge on any atom is -0.340 e. The minimum absolute atomic E-state index is 0.0138. The van der Waals surface area contributed by atoms with E-state index in [1.54, 1.807) is 0 Å². The van der Waals surface area contributed by atoms with Crippen molar-refractivity contribution in [3.05, 3.63) is 59.1 Å². The van der Waals surface area contributed by atoms with Crippen LogP contribution in [0.2, 0.25) is 0 Å². The molecule has 0 unspecified atom stereocenters. The number of aromatic amines is 2. The zero-order valence-electron chi connectivity index (χ0n) is 22.9. The molecule has 1 aliphatic carbocycles. The summed E-state index contributed by atoms with van der Waals surface area (Å²) in [6.07, 6.45) is 10.6. The van der Waals surface area contributed by atoms with Gasteiger partial charge in [-0.15, -0.1) is 0 Å². The molecular weight excluding hydrogens is 470 g/mol. The molecular formula is C32H37N5O. The van der Waals surface area contributed by atoms with E-state index in [9.17, 15) is 4.79 Å². The quantitative estimate of drug-likeness (QED) is 0.408. The van der Waals surface area contributed by atoms with E-state index in [0.717, 1.165) is 59.1 Å². The largest absolute Gasteiger partial charge is 0.340 e. The maximum Gasteiger partial charge on any atom is 0.226 e. The van der Waals surface area contributed by atoms with Crippen LogP contribution >= 0.6 is 0 Å². The predicted octanol–water partition coefficient (Wildman–Crippen LogP) is 6.12. The molecule has 2 fully saturated rings. The molecule has 5 rings (SSSR count). The van der Waals surface area contributed by atoms with E-state index in [4.69, 9.17) is 0 Å². The van der Waals surface area contributed by atoms with E-state index in [1.807, 2.05) is 30.3 Å². The molecule has 2 aromatic heterocycles. The van der Waals surface area contributed by atoms with Crippen LogP contribution in [-0.2, 0) is 4.79 Å². The second-order valence-corrected chi connectivity index (χ2v) is 11.1. The van der Waals surface area contributed by atoms with Crippen molar-refractivity contribution < 1.29 is 4.79 Å². The molecule has 0 radical (unpaired) electrons.